The van der Waals surface area contributed by atoms with Gasteiger partial charge in [-0.15, -0.1) is 0 Å². The number of piperazine rings is 1. The van der Waals surface area contributed by atoms with Crippen LogP contribution in [0, 0.1) is 5.41 Å². The van der Waals surface area contributed by atoms with Crippen LogP contribution in [0.4, 0.5) is 0 Å². The Hall–Kier alpha value is -0.570. The Morgan fingerprint density at radius 1 is 1.55 bits per heavy atom. The number of carbonyl (C=O) groups excluding carboxylic acids is 1. The van der Waals surface area contributed by atoms with E-state index >= 15 is 0 Å². The van der Waals surface area contributed by atoms with Crippen LogP contribution in [0.25, 0.3) is 0 Å². The summed E-state index contributed by atoms with van der Waals surface area (Å²) in [6.45, 7) is 7.72. The zero-order valence-electron chi connectivity index (χ0n) is 7.40. The highest BCUT2D eigenvalue weighted by molar-refractivity contribution is 5.78. The molecule has 0 radical (unpaired) electrons. The molecule has 3 nitrogen and oxygen atoms in total. The van der Waals surface area contributed by atoms with Crippen molar-refractivity contribution in [2.24, 2.45) is 5.41 Å². The summed E-state index contributed by atoms with van der Waals surface area (Å²) in [4.78, 5) is 10.8. The van der Waals surface area contributed by atoms with Gasteiger partial charge >= 0.3 is 0 Å². The topological polar surface area (TPSA) is 41.1 Å². The Labute approximate surface area is 70.5 Å². The van der Waals surface area contributed by atoms with E-state index in [1.54, 1.807) is 0 Å². The number of hydrogen-bond donors (Lipinski definition) is 2. The number of nitrogens with one attached hydrogen (secondary N) is 2. The average Bonchev–Trinajstić information content (AvgIpc) is 1.86. The molecule has 1 aliphatic heterocycles. The summed E-state index contributed by atoms with van der Waals surface area (Å²) in [5, 5.41) is 6.03. The molecular weight excluding hydrogens is 140 g/mol. The molecule has 0 aromatic carbocycles. The molecule has 1 rings (SSSR count). The molecule has 0 aromatic rings. The predicted octanol–water partition coefficient (Wildman–Crippen LogP) is 0.612. The second-order valence-corrected chi connectivity index (χ2v) is 4.10. The van der Waals surface area contributed by atoms with Crippen molar-refractivity contribution in [3.05, 3.63) is 0 Å². The van der Waals surface area contributed by atoms with Gasteiger partial charge in [-0.2, -0.15) is 0 Å². The minimum Gasteiger partial charge on any atom is -0.353 e. The summed E-state index contributed by atoms with van der Waals surface area (Å²) in [6, 6.07) is 0.403. The number of amides is 1. The summed E-state index contributed by atoms with van der Waals surface area (Å²) in [6.07, 6.45) is 0. The van der Waals surface area contributed by atoms with Gasteiger partial charge in [0.2, 0.25) is 5.91 Å². The first-order chi connectivity index (χ1) is 5.00. The lowest BCUT2D eigenvalue weighted by atomic mass is 9.86. The van der Waals surface area contributed by atoms with Crippen molar-refractivity contribution in [2.45, 2.75) is 26.8 Å². The molecule has 3 heteroatoms. The van der Waals surface area contributed by atoms with Crippen LogP contribution in [-0.2, 0) is 4.79 Å². The fourth-order valence-corrected chi connectivity index (χ4v) is 1.18. The molecule has 1 unspecified atom stereocenters. The zero-order chi connectivity index (χ0) is 8.48. The molecule has 2 N–H and O–H groups in total. The van der Waals surface area contributed by atoms with Gasteiger partial charge in [-0.05, 0) is 5.41 Å². The van der Waals surface area contributed by atoms with Crippen LogP contribution < -0.4 is 10.6 Å². The van der Waals surface area contributed by atoms with Crippen molar-refractivity contribution < 1.29 is 7.65 Å². The molecule has 0 saturated carbocycles. The van der Waals surface area contributed by atoms with Crippen molar-refractivity contribution in [1.82, 2.24) is 10.6 Å². The van der Waals surface area contributed by atoms with Crippen LogP contribution in [0.1, 0.15) is 23.6 Å². The van der Waals surface area contributed by atoms with Crippen LogP contribution in [0.2, 0.25) is 0 Å². The van der Waals surface area contributed by atoms with Gasteiger partial charge in [0.25, 0.3) is 0 Å². The Kier molecular flexibility index (Phi) is 2.18. The quantitative estimate of drug-likeness (QED) is 0.545. The summed E-state index contributed by atoms with van der Waals surface area (Å²) in [5.74, 6) is 0.102. The Morgan fingerprint density at radius 2 is 2.18 bits per heavy atom. The van der Waals surface area contributed by atoms with Crippen molar-refractivity contribution in [3.63, 3.8) is 0 Å². The molecule has 11 heavy (non-hydrogen) atoms. The van der Waals surface area contributed by atoms with E-state index in [2.05, 4.69) is 31.4 Å². The Morgan fingerprint density at radius 3 is 2.55 bits per heavy atom. The SMILES string of the molecule is CC(C)(C)C1CNC(=O)CN1.[HH].[HH]. The first-order valence-electron chi connectivity index (χ1n) is 4.00. The largest absolute Gasteiger partial charge is 0.353 e. The third-order valence-corrected chi connectivity index (χ3v) is 2.06. The molecule has 0 aliphatic carbocycles. The highest BCUT2D eigenvalue weighted by Gasteiger charge is 2.27. The van der Waals surface area contributed by atoms with Crippen LogP contribution in [0.3, 0.4) is 0 Å². The Balaban J connectivity index is 0. The van der Waals surface area contributed by atoms with Gasteiger partial charge in [0, 0.05) is 15.4 Å². The highest BCUT2D eigenvalue weighted by atomic mass is 16.2. The lowest BCUT2D eigenvalue weighted by Crippen LogP contribution is -2.56. The van der Waals surface area contributed by atoms with Gasteiger partial charge < -0.3 is 10.6 Å². The van der Waals surface area contributed by atoms with Crippen LogP contribution in [0.15, 0.2) is 0 Å². The molecule has 1 fully saturated rings. The summed E-state index contributed by atoms with van der Waals surface area (Å²) < 4.78 is 0. The maximum atomic E-state index is 10.8. The molecule has 1 atom stereocenters. The minimum absolute atomic E-state index is 0. The fourth-order valence-electron chi connectivity index (χ4n) is 1.18. The first kappa shape index (κ1) is 8.53. The number of rotatable bonds is 0. The zero-order valence-corrected chi connectivity index (χ0v) is 7.40. The van der Waals surface area contributed by atoms with Gasteiger partial charge in [0.15, 0.2) is 0 Å². The van der Waals surface area contributed by atoms with E-state index in [1.165, 1.54) is 0 Å². The monoisotopic (exact) mass is 160 g/mol. The van der Waals surface area contributed by atoms with Gasteiger partial charge in [0.05, 0.1) is 6.54 Å². The second kappa shape index (κ2) is 2.81. The molecule has 1 amide bonds. The van der Waals surface area contributed by atoms with E-state index in [1.807, 2.05) is 0 Å². The molecule has 1 saturated heterocycles. The maximum absolute atomic E-state index is 10.8. The standard InChI is InChI=1S/C8H16N2O.2H2/c1-8(2,3)6-4-10-7(11)5-9-6;;/h6,9H,4-5H2,1-3H3,(H,10,11);2*1H. The van der Waals surface area contributed by atoms with Crippen LogP contribution in [0.5, 0.6) is 0 Å². The predicted molar refractivity (Wildman–Crippen MR) is 48.5 cm³/mol. The third-order valence-electron chi connectivity index (χ3n) is 2.06. The second-order valence-electron chi connectivity index (χ2n) is 4.10. The van der Waals surface area contributed by atoms with Crippen molar-refractivity contribution in [3.8, 4) is 0 Å². The maximum Gasteiger partial charge on any atom is 0.234 e. The first-order valence-corrected chi connectivity index (χ1v) is 4.00. The van der Waals surface area contributed by atoms with Gasteiger partial charge in [-0.3, -0.25) is 4.79 Å². The molecule has 0 aromatic heterocycles. The highest BCUT2D eigenvalue weighted by Crippen LogP contribution is 2.19. The van der Waals surface area contributed by atoms with Crippen molar-refractivity contribution in [1.29, 1.82) is 0 Å². The summed E-state index contributed by atoms with van der Waals surface area (Å²) in [7, 11) is 0. The van der Waals surface area contributed by atoms with E-state index in [4.69, 9.17) is 0 Å². The Bertz CT molecular complexity index is 158. The van der Waals surface area contributed by atoms with Gasteiger partial charge in [0.1, 0.15) is 0 Å². The molecule has 0 bridgehead atoms. The van der Waals surface area contributed by atoms with Gasteiger partial charge in [-0.25, -0.2) is 0 Å². The van der Waals surface area contributed by atoms with E-state index in [9.17, 15) is 4.79 Å². The van der Waals surface area contributed by atoms with E-state index in [0.29, 0.717) is 12.6 Å². The van der Waals surface area contributed by atoms with Crippen molar-refractivity contribution >= 4 is 5.91 Å². The molecule has 0 spiro atoms. The average molecular weight is 160 g/mol. The lowest BCUT2D eigenvalue weighted by Gasteiger charge is -2.34. The van der Waals surface area contributed by atoms with Crippen molar-refractivity contribution in [2.75, 3.05) is 13.1 Å². The number of carbonyl (C=O) groups is 1. The molecular formula is C8H20N2O. The summed E-state index contributed by atoms with van der Waals surface area (Å²) >= 11 is 0. The van der Waals surface area contributed by atoms with E-state index < -0.39 is 0 Å². The van der Waals surface area contributed by atoms with E-state index in [0.717, 1.165) is 6.54 Å². The smallest absolute Gasteiger partial charge is 0.234 e. The van der Waals surface area contributed by atoms with Gasteiger partial charge in [-0.1, -0.05) is 20.8 Å². The van der Waals surface area contributed by atoms with E-state index in [-0.39, 0.29) is 14.2 Å². The van der Waals surface area contributed by atoms with Crippen LogP contribution in [-0.4, -0.2) is 25.0 Å². The fraction of sp³-hybridized carbons (Fsp3) is 0.875. The third kappa shape index (κ3) is 2.19. The number of hydrogen-bond acceptors (Lipinski definition) is 2. The normalized spacial score (nSPS) is 26.5. The minimum atomic E-state index is 0. The lowest BCUT2D eigenvalue weighted by molar-refractivity contribution is -0.122. The van der Waals surface area contributed by atoms with Crippen LogP contribution >= 0.6 is 0 Å². The molecule has 1 aliphatic rings. The molecule has 1 heterocycles. The molecule has 68 valence electrons. The summed E-state index contributed by atoms with van der Waals surface area (Å²) in [5.41, 5.74) is 0.230.